The molecule has 0 saturated heterocycles. The summed E-state index contributed by atoms with van der Waals surface area (Å²) in [5, 5.41) is 0. The number of hydrogen-bond donors (Lipinski definition) is 0. The molecule has 0 spiro atoms. The average molecular weight is 237 g/mol. The van der Waals surface area contributed by atoms with Gasteiger partial charge in [0.2, 0.25) is 0 Å². The van der Waals surface area contributed by atoms with Crippen LogP contribution >= 0.6 is 0 Å². The molecule has 0 aliphatic carbocycles. The highest BCUT2D eigenvalue weighted by molar-refractivity contribution is 5.80. The van der Waals surface area contributed by atoms with E-state index in [9.17, 15) is 0 Å². The van der Waals surface area contributed by atoms with Gasteiger partial charge < -0.3 is 4.74 Å². The zero-order valence-corrected chi connectivity index (χ0v) is 10.3. The second-order valence-electron chi connectivity index (χ2n) is 3.75. The van der Waals surface area contributed by atoms with Gasteiger partial charge in [0, 0.05) is 6.21 Å². The number of para-hydroxylation sites is 1. The van der Waals surface area contributed by atoms with E-state index in [2.05, 4.69) is 4.99 Å². The van der Waals surface area contributed by atoms with E-state index in [1.807, 2.05) is 66.7 Å². The monoisotopic (exact) mass is 237 g/mol. The lowest BCUT2D eigenvalue weighted by Gasteiger charge is -1.98. The number of aliphatic imine (C=N–C) groups is 1. The number of rotatable bonds is 4. The van der Waals surface area contributed by atoms with Gasteiger partial charge in [0.1, 0.15) is 5.75 Å². The SMILES string of the molecule is COc1ccc(/C=C/C=Nc2ccccc2)cc1. The van der Waals surface area contributed by atoms with Crippen LogP contribution in [0.15, 0.2) is 65.7 Å². The topological polar surface area (TPSA) is 21.6 Å². The summed E-state index contributed by atoms with van der Waals surface area (Å²) < 4.78 is 5.10. The van der Waals surface area contributed by atoms with Gasteiger partial charge in [-0.2, -0.15) is 0 Å². The number of ether oxygens (including phenoxy) is 1. The summed E-state index contributed by atoms with van der Waals surface area (Å²) in [6, 6.07) is 17.8. The van der Waals surface area contributed by atoms with Crippen molar-refractivity contribution in [2.45, 2.75) is 0 Å². The summed E-state index contributed by atoms with van der Waals surface area (Å²) in [5.41, 5.74) is 2.08. The van der Waals surface area contributed by atoms with Crippen LogP contribution in [0.25, 0.3) is 6.08 Å². The van der Waals surface area contributed by atoms with Crippen LogP contribution in [0.1, 0.15) is 5.56 Å². The molecule has 2 rings (SSSR count). The molecule has 18 heavy (non-hydrogen) atoms. The first-order chi connectivity index (χ1) is 8.88. The van der Waals surface area contributed by atoms with Gasteiger partial charge in [-0.05, 0) is 35.9 Å². The van der Waals surface area contributed by atoms with Gasteiger partial charge in [0.25, 0.3) is 0 Å². The fourth-order valence-corrected chi connectivity index (χ4v) is 1.51. The number of hydrogen-bond acceptors (Lipinski definition) is 2. The second kappa shape index (κ2) is 6.40. The molecule has 0 bridgehead atoms. The van der Waals surface area contributed by atoms with Crippen molar-refractivity contribution in [2.24, 2.45) is 4.99 Å². The molecule has 0 unspecified atom stereocenters. The molecule has 2 aromatic rings. The second-order valence-corrected chi connectivity index (χ2v) is 3.75. The summed E-state index contributed by atoms with van der Waals surface area (Å²) in [6.45, 7) is 0. The van der Waals surface area contributed by atoms with Gasteiger partial charge >= 0.3 is 0 Å². The first kappa shape index (κ1) is 12.1. The Morgan fingerprint density at radius 1 is 0.944 bits per heavy atom. The maximum absolute atomic E-state index is 5.10. The van der Waals surface area contributed by atoms with Gasteiger partial charge in [-0.3, -0.25) is 4.99 Å². The number of methoxy groups -OCH3 is 1. The molecule has 0 aromatic heterocycles. The molecule has 0 radical (unpaired) electrons. The van der Waals surface area contributed by atoms with Crippen LogP contribution in [0.3, 0.4) is 0 Å². The smallest absolute Gasteiger partial charge is 0.118 e. The molecule has 2 nitrogen and oxygen atoms in total. The van der Waals surface area contributed by atoms with Gasteiger partial charge in [-0.15, -0.1) is 0 Å². The number of benzene rings is 2. The zero-order chi connectivity index (χ0) is 12.6. The molecule has 0 heterocycles. The highest BCUT2D eigenvalue weighted by Gasteiger charge is 1.88. The van der Waals surface area contributed by atoms with Gasteiger partial charge in [-0.1, -0.05) is 36.4 Å². The van der Waals surface area contributed by atoms with Crippen molar-refractivity contribution in [1.82, 2.24) is 0 Å². The van der Waals surface area contributed by atoms with E-state index in [0.717, 1.165) is 17.0 Å². The Labute approximate surface area is 107 Å². The van der Waals surface area contributed by atoms with Crippen LogP contribution in [0.5, 0.6) is 5.75 Å². The van der Waals surface area contributed by atoms with Gasteiger partial charge in [0.15, 0.2) is 0 Å². The quantitative estimate of drug-likeness (QED) is 0.733. The number of allylic oxidation sites excluding steroid dienone is 1. The van der Waals surface area contributed by atoms with Crippen molar-refractivity contribution < 1.29 is 4.74 Å². The van der Waals surface area contributed by atoms with Crippen LogP contribution in [-0.2, 0) is 0 Å². The first-order valence-electron chi connectivity index (χ1n) is 5.78. The third kappa shape index (κ3) is 3.59. The molecule has 0 fully saturated rings. The molecule has 0 atom stereocenters. The van der Waals surface area contributed by atoms with Gasteiger partial charge in [-0.25, -0.2) is 0 Å². The Kier molecular flexibility index (Phi) is 4.31. The van der Waals surface area contributed by atoms with Crippen molar-refractivity contribution in [3.63, 3.8) is 0 Å². The van der Waals surface area contributed by atoms with E-state index in [1.54, 1.807) is 13.3 Å². The predicted molar refractivity (Wildman–Crippen MR) is 76.6 cm³/mol. The van der Waals surface area contributed by atoms with Crippen molar-refractivity contribution >= 4 is 18.0 Å². The zero-order valence-electron chi connectivity index (χ0n) is 10.3. The molecule has 0 saturated carbocycles. The van der Waals surface area contributed by atoms with Crippen molar-refractivity contribution in [3.05, 3.63) is 66.2 Å². The molecule has 2 heteroatoms. The van der Waals surface area contributed by atoms with E-state index in [0.29, 0.717) is 0 Å². The third-order valence-electron chi connectivity index (χ3n) is 2.47. The lowest BCUT2D eigenvalue weighted by Crippen LogP contribution is -1.81. The molecule has 0 N–H and O–H groups in total. The normalized spacial score (nSPS) is 11.2. The summed E-state index contributed by atoms with van der Waals surface area (Å²) in [6.07, 6.45) is 5.72. The maximum atomic E-state index is 5.10. The van der Waals surface area contributed by atoms with E-state index in [1.165, 1.54) is 0 Å². The minimum Gasteiger partial charge on any atom is -0.497 e. The summed E-state index contributed by atoms with van der Waals surface area (Å²) in [4.78, 5) is 4.32. The molecule has 90 valence electrons. The largest absolute Gasteiger partial charge is 0.497 e. The Bertz CT molecular complexity index is 527. The lowest BCUT2D eigenvalue weighted by atomic mass is 10.2. The molecule has 0 amide bonds. The van der Waals surface area contributed by atoms with E-state index in [4.69, 9.17) is 4.74 Å². The van der Waals surface area contributed by atoms with Crippen LogP contribution in [0, 0.1) is 0 Å². The standard InChI is InChI=1S/C16H15NO/c1-18-16-11-9-14(10-12-16)6-5-13-17-15-7-3-2-4-8-15/h2-13H,1H3/b6-5+,17-13?. The Morgan fingerprint density at radius 3 is 2.33 bits per heavy atom. The molecular formula is C16H15NO. The maximum Gasteiger partial charge on any atom is 0.118 e. The Balaban J connectivity index is 1.96. The average Bonchev–Trinajstić information content (AvgIpc) is 2.45. The van der Waals surface area contributed by atoms with Crippen LogP contribution in [-0.4, -0.2) is 13.3 Å². The summed E-state index contributed by atoms with van der Waals surface area (Å²) in [7, 11) is 1.66. The summed E-state index contributed by atoms with van der Waals surface area (Å²) in [5.74, 6) is 0.866. The predicted octanol–water partition coefficient (Wildman–Crippen LogP) is 4.11. The van der Waals surface area contributed by atoms with Crippen molar-refractivity contribution in [3.8, 4) is 5.75 Å². The van der Waals surface area contributed by atoms with Crippen molar-refractivity contribution in [1.29, 1.82) is 0 Å². The first-order valence-corrected chi connectivity index (χ1v) is 5.78. The van der Waals surface area contributed by atoms with Crippen molar-refractivity contribution in [2.75, 3.05) is 7.11 Å². The van der Waals surface area contributed by atoms with E-state index in [-0.39, 0.29) is 0 Å². The fraction of sp³-hybridized carbons (Fsp3) is 0.0625. The van der Waals surface area contributed by atoms with E-state index < -0.39 is 0 Å². The highest BCUT2D eigenvalue weighted by atomic mass is 16.5. The van der Waals surface area contributed by atoms with Crippen LogP contribution < -0.4 is 4.74 Å². The minimum atomic E-state index is 0.866. The van der Waals surface area contributed by atoms with Gasteiger partial charge in [0.05, 0.1) is 12.8 Å². The molecule has 0 aliphatic heterocycles. The van der Waals surface area contributed by atoms with Crippen LogP contribution in [0.4, 0.5) is 5.69 Å². The lowest BCUT2D eigenvalue weighted by molar-refractivity contribution is 0.415. The third-order valence-corrected chi connectivity index (χ3v) is 2.47. The van der Waals surface area contributed by atoms with Crippen LogP contribution in [0.2, 0.25) is 0 Å². The Morgan fingerprint density at radius 2 is 1.67 bits per heavy atom. The fourth-order valence-electron chi connectivity index (χ4n) is 1.51. The minimum absolute atomic E-state index is 0.866. The molecule has 2 aromatic carbocycles. The van der Waals surface area contributed by atoms with E-state index >= 15 is 0 Å². The number of nitrogens with zero attached hydrogens (tertiary/aromatic N) is 1. The Hall–Kier alpha value is -2.35. The summed E-state index contributed by atoms with van der Waals surface area (Å²) >= 11 is 0. The highest BCUT2D eigenvalue weighted by Crippen LogP contribution is 2.12. The molecule has 0 aliphatic rings. The molecular weight excluding hydrogens is 222 g/mol.